The van der Waals surface area contributed by atoms with Crippen molar-refractivity contribution in [2.75, 3.05) is 18.8 Å². The van der Waals surface area contributed by atoms with Crippen LogP contribution in [0.2, 0.25) is 0 Å². The summed E-state index contributed by atoms with van der Waals surface area (Å²) in [7, 11) is 0. The molecule has 1 aliphatic carbocycles. The highest BCUT2D eigenvalue weighted by atomic mass is 32.1. The van der Waals surface area contributed by atoms with E-state index in [1.807, 2.05) is 0 Å². The van der Waals surface area contributed by atoms with Crippen LogP contribution in [0.3, 0.4) is 0 Å². The number of nitrogens with zero attached hydrogens (tertiary/aromatic N) is 2. The number of thiazole rings is 1. The number of likely N-dealkylation sites (N-methyl/N-ethyl adjacent to an activating group) is 1. The van der Waals surface area contributed by atoms with Crippen molar-refractivity contribution < 1.29 is 0 Å². The van der Waals surface area contributed by atoms with E-state index < -0.39 is 0 Å². The fourth-order valence-corrected chi connectivity index (χ4v) is 3.89. The van der Waals surface area contributed by atoms with Crippen molar-refractivity contribution in [1.29, 1.82) is 0 Å². The van der Waals surface area contributed by atoms with E-state index in [2.05, 4.69) is 16.8 Å². The predicted octanol–water partition coefficient (Wildman–Crippen LogP) is 1.98. The maximum Gasteiger partial charge on any atom is 0.180 e. The summed E-state index contributed by atoms with van der Waals surface area (Å²) in [6.45, 7) is 4.58. The van der Waals surface area contributed by atoms with Crippen LogP contribution >= 0.6 is 11.3 Å². The second-order valence-corrected chi connectivity index (χ2v) is 5.24. The normalized spacial score (nSPS) is 30.6. The van der Waals surface area contributed by atoms with Gasteiger partial charge >= 0.3 is 0 Å². The Labute approximate surface area is 87.9 Å². The molecule has 14 heavy (non-hydrogen) atoms. The van der Waals surface area contributed by atoms with Crippen molar-refractivity contribution >= 4 is 16.5 Å². The van der Waals surface area contributed by atoms with Gasteiger partial charge in [-0.1, -0.05) is 6.92 Å². The lowest BCUT2D eigenvalue weighted by Crippen LogP contribution is -2.41. The smallest absolute Gasteiger partial charge is 0.180 e. The zero-order valence-electron chi connectivity index (χ0n) is 8.36. The summed E-state index contributed by atoms with van der Waals surface area (Å²) in [6.07, 6.45) is 2.60. The Kier molecular flexibility index (Phi) is 1.82. The minimum Gasteiger partial charge on any atom is -0.375 e. The van der Waals surface area contributed by atoms with Gasteiger partial charge in [0.05, 0.1) is 5.69 Å². The maximum absolute atomic E-state index is 5.79. The quantitative estimate of drug-likeness (QED) is 0.769. The van der Waals surface area contributed by atoms with Crippen LogP contribution in [0.1, 0.15) is 42.3 Å². The first kappa shape index (κ1) is 8.68. The summed E-state index contributed by atoms with van der Waals surface area (Å²) < 4.78 is 0. The Morgan fingerprint density at radius 3 is 3.21 bits per heavy atom. The highest BCUT2D eigenvalue weighted by molar-refractivity contribution is 7.15. The van der Waals surface area contributed by atoms with Crippen molar-refractivity contribution in [3.63, 3.8) is 0 Å². The first-order chi connectivity index (χ1) is 6.79. The number of fused-ring (bicyclic) bond motifs is 2. The molecule has 0 amide bonds. The number of hydrogen-bond donors (Lipinski definition) is 1. The van der Waals surface area contributed by atoms with E-state index in [4.69, 9.17) is 5.73 Å². The first-order valence-electron chi connectivity index (χ1n) is 5.29. The molecule has 4 rings (SSSR count). The molecule has 0 radical (unpaired) electrons. The molecule has 1 aromatic rings. The minimum absolute atomic E-state index is 0.620. The number of aromatic nitrogens is 1. The van der Waals surface area contributed by atoms with Gasteiger partial charge in [0.2, 0.25) is 0 Å². The van der Waals surface area contributed by atoms with E-state index >= 15 is 0 Å². The number of anilines is 1. The van der Waals surface area contributed by atoms with Gasteiger partial charge < -0.3 is 5.73 Å². The molecule has 3 aliphatic rings. The topological polar surface area (TPSA) is 42.1 Å². The zero-order valence-corrected chi connectivity index (χ0v) is 9.18. The van der Waals surface area contributed by atoms with Gasteiger partial charge in [-0.3, -0.25) is 4.90 Å². The van der Waals surface area contributed by atoms with Gasteiger partial charge in [-0.15, -0.1) is 11.3 Å². The van der Waals surface area contributed by atoms with Crippen molar-refractivity contribution in [2.24, 2.45) is 0 Å². The van der Waals surface area contributed by atoms with Gasteiger partial charge in [-0.05, 0) is 19.4 Å². The van der Waals surface area contributed by atoms with Gasteiger partial charge in [0, 0.05) is 23.4 Å². The molecule has 1 aromatic heterocycles. The largest absolute Gasteiger partial charge is 0.375 e. The molecule has 2 bridgehead atoms. The molecule has 2 unspecified atom stereocenters. The van der Waals surface area contributed by atoms with Crippen LogP contribution in [-0.2, 0) is 0 Å². The lowest BCUT2D eigenvalue weighted by molar-refractivity contribution is 0.121. The van der Waals surface area contributed by atoms with Crippen molar-refractivity contribution in [3.05, 3.63) is 10.6 Å². The lowest BCUT2D eigenvalue weighted by atomic mass is 9.82. The molecular formula is C10H15N3S. The molecule has 4 heteroatoms. The van der Waals surface area contributed by atoms with Gasteiger partial charge in [0.15, 0.2) is 5.13 Å². The molecule has 0 aromatic carbocycles. The summed E-state index contributed by atoms with van der Waals surface area (Å²) in [5.74, 6) is 0.656. The Balaban J connectivity index is 2.07. The Bertz CT molecular complexity index is 360. The molecular weight excluding hydrogens is 194 g/mol. The van der Waals surface area contributed by atoms with E-state index in [0.29, 0.717) is 12.0 Å². The second kappa shape index (κ2) is 2.94. The SMILES string of the molecule is CCN1CC2CCC1c1sc(N)nc12. The molecule has 0 saturated carbocycles. The first-order valence-corrected chi connectivity index (χ1v) is 6.11. The second-order valence-electron chi connectivity index (χ2n) is 4.18. The van der Waals surface area contributed by atoms with Crippen LogP contribution in [-0.4, -0.2) is 23.0 Å². The van der Waals surface area contributed by atoms with Gasteiger partial charge in [0.1, 0.15) is 0 Å². The third kappa shape index (κ3) is 1.04. The lowest BCUT2D eigenvalue weighted by Gasteiger charge is -2.43. The standard InChI is InChI=1S/C10H15N3S/c1-2-13-5-6-3-4-7(13)9-8(6)12-10(11)14-9/h6-7H,2-5H2,1H3,(H2,11,12). The molecule has 2 N–H and O–H groups in total. The zero-order chi connectivity index (χ0) is 9.71. The average molecular weight is 209 g/mol. The molecule has 0 spiro atoms. The van der Waals surface area contributed by atoms with Crippen LogP contribution in [0.4, 0.5) is 5.13 Å². The van der Waals surface area contributed by atoms with Crippen LogP contribution in [0, 0.1) is 0 Å². The van der Waals surface area contributed by atoms with E-state index in [1.54, 1.807) is 11.3 Å². The van der Waals surface area contributed by atoms with Crippen LogP contribution in [0.5, 0.6) is 0 Å². The fraction of sp³-hybridized carbons (Fsp3) is 0.700. The number of nitrogen functional groups attached to an aromatic ring is 1. The van der Waals surface area contributed by atoms with E-state index in [1.165, 1.54) is 30.0 Å². The third-order valence-corrected chi connectivity index (χ3v) is 4.48. The fourth-order valence-electron chi connectivity index (χ4n) is 2.81. The summed E-state index contributed by atoms with van der Waals surface area (Å²) >= 11 is 1.70. The number of piperidine rings is 1. The van der Waals surface area contributed by atoms with Crippen molar-refractivity contribution in [2.45, 2.75) is 31.7 Å². The number of rotatable bonds is 1. The van der Waals surface area contributed by atoms with E-state index in [0.717, 1.165) is 11.7 Å². The molecule has 3 heterocycles. The Morgan fingerprint density at radius 2 is 2.43 bits per heavy atom. The third-order valence-electron chi connectivity index (χ3n) is 3.48. The highest BCUT2D eigenvalue weighted by Crippen LogP contribution is 2.48. The predicted molar refractivity (Wildman–Crippen MR) is 58.5 cm³/mol. The van der Waals surface area contributed by atoms with Crippen molar-refractivity contribution in [1.82, 2.24) is 9.88 Å². The Morgan fingerprint density at radius 1 is 1.57 bits per heavy atom. The Hall–Kier alpha value is -0.610. The van der Waals surface area contributed by atoms with E-state index in [-0.39, 0.29) is 0 Å². The average Bonchev–Trinajstić information content (AvgIpc) is 2.61. The number of hydrogen-bond acceptors (Lipinski definition) is 4. The van der Waals surface area contributed by atoms with Gasteiger partial charge in [-0.2, -0.15) is 0 Å². The minimum atomic E-state index is 0.620. The summed E-state index contributed by atoms with van der Waals surface area (Å²) in [4.78, 5) is 8.49. The molecule has 2 aliphatic heterocycles. The molecule has 3 nitrogen and oxygen atoms in total. The molecule has 1 saturated heterocycles. The molecule has 76 valence electrons. The number of nitrogens with two attached hydrogens (primary N) is 1. The summed E-state index contributed by atoms with van der Waals surface area (Å²) in [5, 5.41) is 0.754. The van der Waals surface area contributed by atoms with E-state index in [9.17, 15) is 0 Å². The summed E-state index contributed by atoms with van der Waals surface area (Å²) in [5.41, 5.74) is 7.10. The molecule has 1 fully saturated rings. The maximum atomic E-state index is 5.79. The van der Waals surface area contributed by atoms with Gasteiger partial charge in [0.25, 0.3) is 0 Å². The molecule has 2 atom stereocenters. The van der Waals surface area contributed by atoms with Crippen LogP contribution in [0.15, 0.2) is 0 Å². The van der Waals surface area contributed by atoms with Gasteiger partial charge in [-0.25, -0.2) is 4.98 Å². The van der Waals surface area contributed by atoms with Crippen molar-refractivity contribution in [3.8, 4) is 0 Å². The monoisotopic (exact) mass is 209 g/mol. The highest BCUT2D eigenvalue weighted by Gasteiger charge is 2.40. The summed E-state index contributed by atoms with van der Waals surface area (Å²) in [6, 6.07) is 0.620. The van der Waals surface area contributed by atoms with Crippen LogP contribution in [0.25, 0.3) is 0 Å². The van der Waals surface area contributed by atoms with Crippen LogP contribution < -0.4 is 5.73 Å².